The van der Waals surface area contributed by atoms with Gasteiger partial charge < -0.3 is 4.90 Å². The molecule has 4 rings (SSSR count). The molecule has 1 aromatic carbocycles. The molecule has 2 aromatic heterocycles. The van der Waals surface area contributed by atoms with Gasteiger partial charge in [0, 0.05) is 43.3 Å². The molecule has 1 aliphatic heterocycles. The summed E-state index contributed by atoms with van der Waals surface area (Å²) < 4.78 is 1.96. The average Bonchev–Trinajstić information content (AvgIpc) is 3.24. The lowest BCUT2D eigenvalue weighted by Crippen LogP contribution is -2.35. The third-order valence-electron chi connectivity index (χ3n) is 5.61. The van der Waals surface area contributed by atoms with Crippen LogP contribution >= 0.6 is 11.3 Å². The van der Waals surface area contributed by atoms with E-state index < -0.39 is 0 Å². The fourth-order valence-corrected chi connectivity index (χ4v) is 4.78. The Morgan fingerprint density at radius 2 is 1.83 bits per heavy atom. The molecule has 1 aliphatic rings. The van der Waals surface area contributed by atoms with Crippen LogP contribution in [0.1, 0.15) is 38.6 Å². The average molecular weight is 409 g/mol. The molecule has 0 atom stereocenters. The Morgan fingerprint density at radius 3 is 2.59 bits per heavy atom. The molecule has 5 nitrogen and oxygen atoms in total. The molecule has 152 valence electrons. The minimum absolute atomic E-state index is 0.122. The largest absolute Gasteiger partial charge is 0.337 e. The van der Waals surface area contributed by atoms with E-state index in [9.17, 15) is 4.79 Å². The van der Waals surface area contributed by atoms with Gasteiger partial charge in [0.05, 0.1) is 17.8 Å². The monoisotopic (exact) mass is 408 g/mol. The van der Waals surface area contributed by atoms with Crippen LogP contribution in [0.2, 0.25) is 0 Å². The molecule has 1 fully saturated rings. The highest BCUT2D eigenvalue weighted by Gasteiger charge is 2.25. The SMILES string of the molecule is Cc1nn(Cc2ccccc2)c(C)c1C(=O)N1CCCN(Cc2cccs2)CC1. The lowest BCUT2D eigenvalue weighted by Gasteiger charge is -2.22. The second-order valence-corrected chi connectivity index (χ2v) is 8.72. The number of amides is 1. The lowest BCUT2D eigenvalue weighted by atomic mass is 10.1. The summed E-state index contributed by atoms with van der Waals surface area (Å²) in [6, 6.07) is 14.6. The van der Waals surface area contributed by atoms with Crippen molar-refractivity contribution in [1.29, 1.82) is 0 Å². The van der Waals surface area contributed by atoms with Gasteiger partial charge in [-0.3, -0.25) is 14.4 Å². The summed E-state index contributed by atoms with van der Waals surface area (Å²) in [6.45, 7) is 9.16. The minimum Gasteiger partial charge on any atom is -0.337 e. The number of hydrogen-bond donors (Lipinski definition) is 0. The van der Waals surface area contributed by atoms with Crippen LogP contribution in [0.25, 0.3) is 0 Å². The van der Waals surface area contributed by atoms with Gasteiger partial charge in [0.1, 0.15) is 0 Å². The molecular formula is C23H28N4OS. The Bertz CT molecular complexity index is 949. The normalized spacial score (nSPS) is 15.4. The van der Waals surface area contributed by atoms with Gasteiger partial charge in [0.2, 0.25) is 0 Å². The molecule has 0 spiro atoms. The fourth-order valence-electron chi connectivity index (χ4n) is 4.03. The van der Waals surface area contributed by atoms with E-state index in [1.807, 2.05) is 41.6 Å². The maximum Gasteiger partial charge on any atom is 0.257 e. The smallest absolute Gasteiger partial charge is 0.257 e. The van der Waals surface area contributed by atoms with E-state index in [2.05, 4.69) is 39.6 Å². The van der Waals surface area contributed by atoms with Gasteiger partial charge in [0.15, 0.2) is 0 Å². The molecule has 0 N–H and O–H groups in total. The number of aryl methyl sites for hydroxylation is 1. The molecule has 0 radical (unpaired) electrons. The molecule has 1 amide bonds. The quantitative estimate of drug-likeness (QED) is 0.642. The maximum atomic E-state index is 13.3. The molecule has 0 bridgehead atoms. The highest BCUT2D eigenvalue weighted by atomic mass is 32.1. The number of rotatable bonds is 5. The van der Waals surface area contributed by atoms with E-state index in [0.29, 0.717) is 6.54 Å². The Balaban J connectivity index is 1.45. The predicted molar refractivity (Wildman–Crippen MR) is 117 cm³/mol. The van der Waals surface area contributed by atoms with Gasteiger partial charge >= 0.3 is 0 Å². The highest BCUT2D eigenvalue weighted by molar-refractivity contribution is 7.09. The number of thiophene rings is 1. The molecule has 1 saturated heterocycles. The van der Waals surface area contributed by atoms with Crippen molar-refractivity contribution in [3.8, 4) is 0 Å². The van der Waals surface area contributed by atoms with Gasteiger partial charge in [-0.15, -0.1) is 11.3 Å². The molecule has 3 aromatic rings. The van der Waals surface area contributed by atoms with Crippen LogP contribution in [0, 0.1) is 13.8 Å². The summed E-state index contributed by atoms with van der Waals surface area (Å²) >= 11 is 1.80. The van der Waals surface area contributed by atoms with Crippen molar-refractivity contribution in [2.45, 2.75) is 33.4 Å². The number of carbonyl (C=O) groups is 1. The fraction of sp³-hybridized carbons (Fsp3) is 0.391. The number of nitrogens with zero attached hydrogens (tertiary/aromatic N) is 4. The number of hydrogen-bond acceptors (Lipinski definition) is 4. The van der Waals surface area contributed by atoms with Crippen molar-refractivity contribution in [2.24, 2.45) is 0 Å². The van der Waals surface area contributed by atoms with E-state index >= 15 is 0 Å². The molecule has 6 heteroatoms. The first-order valence-corrected chi connectivity index (χ1v) is 11.1. The first-order valence-electron chi connectivity index (χ1n) is 10.2. The van der Waals surface area contributed by atoms with Crippen LogP contribution in [0.3, 0.4) is 0 Å². The topological polar surface area (TPSA) is 41.4 Å². The summed E-state index contributed by atoms with van der Waals surface area (Å²) in [5.41, 5.74) is 3.74. The number of carbonyl (C=O) groups excluding carboxylic acids is 1. The molecule has 3 heterocycles. The van der Waals surface area contributed by atoms with Crippen LogP contribution in [-0.4, -0.2) is 51.7 Å². The summed E-state index contributed by atoms with van der Waals surface area (Å²) in [5, 5.41) is 6.80. The minimum atomic E-state index is 0.122. The zero-order valence-electron chi connectivity index (χ0n) is 17.2. The predicted octanol–water partition coefficient (Wildman–Crippen LogP) is 3.96. The Morgan fingerprint density at radius 1 is 1.00 bits per heavy atom. The van der Waals surface area contributed by atoms with Gasteiger partial charge in [-0.2, -0.15) is 5.10 Å². The summed E-state index contributed by atoms with van der Waals surface area (Å²) in [5.74, 6) is 0.122. The summed E-state index contributed by atoms with van der Waals surface area (Å²) in [6.07, 6.45) is 1.01. The maximum absolute atomic E-state index is 13.3. The Hall–Kier alpha value is -2.44. The van der Waals surface area contributed by atoms with Crippen molar-refractivity contribution in [2.75, 3.05) is 26.2 Å². The molecular weight excluding hydrogens is 380 g/mol. The van der Waals surface area contributed by atoms with E-state index in [-0.39, 0.29) is 5.91 Å². The van der Waals surface area contributed by atoms with Crippen LogP contribution < -0.4 is 0 Å². The van der Waals surface area contributed by atoms with Crippen molar-refractivity contribution in [3.63, 3.8) is 0 Å². The zero-order chi connectivity index (χ0) is 20.2. The van der Waals surface area contributed by atoms with E-state index in [1.165, 1.54) is 10.4 Å². The van der Waals surface area contributed by atoms with Crippen molar-refractivity contribution in [1.82, 2.24) is 19.6 Å². The van der Waals surface area contributed by atoms with Crippen molar-refractivity contribution in [3.05, 3.63) is 75.2 Å². The third-order valence-corrected chi connectivity index (χ3v) is 6.47. The molecule has 0 saturated carbocycles. The molecule has 29 heavy (non-hydrogen) atoms. The van der Waals surface area contributed by atoms with Gasteiger partial charge in [-0.25, -0.2) is 0 Å². The van der Waals surface area contributed by atoms with Gasteiger partial charge in [-0.05, 0) is 37.3 Å². The second-order valence-electron chi connectivity index (χ2n) is 7.69. The standard InChI is InChI=1S/C23H28N4OS/c1-18-22(19(2)27(24-18)16-20-8-4-3-5-9-20)23(28)26-12-7-11-25(13-14-26)17-21-10-6-15-29-21/h3-6,8-10,15H,7,11-14,16-17H2,1-2H3. The number of aromatic nitrogens is 2. The zero-order valence-corrected chi connectivity index (χ0v) is 18.0. The molecule has 0 aliphatic carbocycles. The van der Waals surface area contributed by atoms with E-state index in [4.69, 9.17) is 0 Å². The molecule has 0 unspecified atom stereocenters. The highest BCUT2D eigenvalue weighted by Crippen LogP contribution is 2.19. The Kier molecular flexibility index (Phi) is 6.11. The second kappa shape index (κ2) is 8.93. The van der Waals surface area contributed by atoms with Gasteiger partial charge in [0.25, 0.3) is 5.91 Å². The van der Waals surface area contributed by atoms with Crippen LogP contribution in [0.4, 0.5) is 0 Å². The third kappa shape index (κ3) is 4.60. The summed E-state index contributed by atoms with van der Waals surface area (Å²) in [4.78, 5) is 19.2. The van der Waals surface area contributed by atoms with Crippen LogP contribution in [0.5, 0.6) is 0 Å². The summed E-state index contributed by atoms with van der Waals surface area (Å²) in [7, 11) is 0. The Labute approximate surface area is 176 Å². The van der Waals surface area contributed by atoms with E-state index in [1.54, 1.807) is 11.3 Å². The first kappa shape index (κ1) is 19.9. The van der Waals surface area contributed by atoms with E-state index in [0.717, 1.165) is 56.1 Å². The lowest BCUT2D eigenvalue weighted by molar-refractivity contribution is 0.0759. The van der Waals surface area contributed by atoms with Crippen LogP contribution in [-0.2, 0) is 13.1 Å². The van der Waals surface area contributed by atoms with Crippen LogP contribution in [0.15, 0.2) is 47.8 Å². The van der Waals surface area contributed by atoms with Crippen molar-refractivity contribution >= 4 is 17.2 Å². The first-order chi connectivity index (χ1) is 14.1. The van der Waals surface area contributed by atoms with Gasteiger partial charge in [-0.1, -0.05) is 36.4 Å². The number of benzene rings is 1. The van der Waals surface area contributed by atoms with Crippen molar-refractivity contribution < 1.29 is 4.79 Å².